The Balaban J connectivity index is 1.92. The fourth-order valence-electron chi connectivity index (χ4n) is 3.60. The van der Waals surface area contributed by atoms with Crippen LogP contribution in [0.5, 0.6) is 0 Å². The molecule has 3 heteroatoms. The van der Waals surface area contributed by atoms with Crippen molar-refractivity contribution in [1.29, 1.82) is 0 Å². The first-order valence-corrected chi connectivity index (χ1v) is 10.8. The largest absolute Gasteiger partial charge is 0.494 e. The molecule has 0 saturated heterocycles. The van der Waals surface area contributed by atoms with Gasteiger partial charge in [0.2, 0.25) is 0 Å². The van der Waals surface area contributed by atoms with Crippen LogP contribution in [0.3, 0.4) is 0 Å². The van der Waals surface area contributed by atoms with Crippen molar-refractivity contribution in [3.63, 3.8) is 0 Å². The maximum atomic E-state index is 5.92. The van der Waals surface area contributed by atoms with E-state index in [1.807, 2.05) is 0 Å². The summed E-state index contributed by atoms with van der Waals surface area (Å²) in [5, 5.41) is 4.11. The van der Waals surface area contributed by atoms with Gasteiger partial charge in [-0.15, -0.1) is 0 Å². The molecule has 3 aromatic carbocycles. The van der Waals surface area contributed by atoms with E-state index in [2.05, 4.69) is 91.0 Å². The predicted molar refractivity (Wildman–Crippen MR) is 110 cm³/mol. The van der Waals surface area contributed by atoms with Gasteiger partial charge < -0.3 is 9.47 Å². The Morgan fingerprint density at radius 1 is 0.654 bits per heavy atom. The summed E-state index contributed by atoms with van der Waals surface area (Å²) < 4.78 is 11.5. The Hall–Kier alpha value is -2.57. The van der Waals surface area contributed by atoms with Crippen molar-refractivity contribution in [3.8, 4) is 0 Å². The molecule has 0 radical (unpaired) electrons. The molecule has 0 N–H and O–H groups in total. The highest BCUT2D eigenvalue weighted by Gasteiger charge is 2.47. The molecule has 1 unspecified atom stereocenters. The third-order valence-corrected chi connectivity index (χ3v) is 9.27. The monoisotopic (exact) mass is 361 g/mol. The average molecular weight is 361 g/mol. The van der Waals surface area contributed by atoms with Crippen molar-refractivity contribution in [2.75, 3.05) is 12.8 Å². The summed E-state index contributed by atoms with van der Waals surface area (Å²) in [6.07, 6.45) is 4.25. The number of rotatable bonds is 5. The maximum absolute atomic E-state index is 5.92. The molecule has 1 aliphatic rings. The van der Waals surface area contributed by atoms with Crippen LogP contribution < -0.4 is 15.9 Å². The van der Waals surface area contributed by atoms with Crippen molar-refractivity contribution < 1.29 is 9.47 Å². The molecule has 0 fully saturated rings. The van der Waals surface area contributed by atoms with E-state index >= 15 is 0 Å². The molecule has 4 rings (SSSR count). The van der Waals surface area contributed by atoms with E-state index in [1.54, 1.807) is 12.5 Å². The third-order valence-electron chi connectivity index (χ3n) is 4.77. The van der Waals surface area contributed by atoms with Crippen LogP contribution >= 0.6 is 7.26 Å². The van der Waals surface area contributed by atoms with E-state index in [9.17, 15) is 0 Å². The van der Waals surface area contributed by atoms with Crippen molar-refractivity contribution >= 4 is 23.2 Å². The van der Waals surface area contributed by atoms with Gasteiger partial charge >= 0.3 is 0 Å². The molecule has 130 valence electrons. The SMILES string of the molecule is C1=COC(C[P+](c2ccccc2)(c2ccccc2)c2ccccc2)CO1. The van der Waals surface area contributed by atoms with Gasteiger partial charge in [-0.3, -0.25) is 0 Å². The summed E-state index contributed by atoms with van der Waals surface area (Å²) in [4.78, 5) is 0. The highest BCUT2D eigenvalue weighted by atomic mass is 31.2. The Morgan fingerprint density at radius 2 is 1.12 bits per heavy atom. The fourth-order valence-corrected chi connectivity index (χ4v) is 7.97. The fraction of sp³-hybridized carbons (Fsp3) is 0.130. The van der Waals surface area contributed by atoms with Gasteiger partial charge in [0.05, 0.1) is 0 Å². The van der Waals surface area contributed by atoms with Crippen molar-refractivity contribution in [3.05, 3.63) is 104 Å². The summed E-state index contributed by atoms with van der Waals surface area (Å²) in [6.45, 7) is 0.588. The molecule has 1 heterocycles. The highest BCUT2D eigenvalue weighted by molar-refractivity contribution is 7.95. The van der Waals surface area contributed by atoms with Crippen LogP contribution in [0.15, 0.2) is 104 Å². The lowest BCUT2D eigenvalue weighted by molar-refractivity contribution is 0.0474. The maximum Gasteiger partial charge on any atom is 0.166 e. The molecule has 0 aliphatic carbocycles. The van der Waals surface area contributed by atoms with Crippen LogP contribution in [-0.4, -0.2) is 18.9 Å². The van der Waals surface area contributed by atoms with E-state index in [4.69, 9.17) is 9.47 Å². The summed E-state index contributed by atoms with van der Waals surface area (Å²) in [5.74, 6) is 0. The normalized spacial score (nSPS) is 16.5. The zero-order chi connectivity index (χ0) is 17.7. The van der Waals surface area contributed by atoms with E-state index in [1.165, 1.54) is 15.9 Å². The van der Waals surface area contributed by atoms with Gasteiger partial charge in [0, 0.05) is 0 Å². The molecule has 26 heavy (non-hydrogen) atoms. The Morgan fingerprint density at radius 3 is 1.50 bits per heavy atom. The van der Waals surface area contributed by atoms with E-state index in [0.29, 0.717) is 6.61 Å². The minimum absolute atomic E-state index is 0.0361. The number of hydrogen-bond acceptors (Lipinski definition) is 2. The molecule has 0 saturated carbocycles. The van der Waals surface area contributed by atoms with Crippen LogP contribution in [0.2, 0.25) is 0 Å². The van der Waals surface area contributed by atoms with Gasteiger partial charge in [-0.1, -0.05) is 54.6 Å². The highest BCUT2D eigenvalue weighted by Crippen LogP contribution is 2.56. The second kappa shape index (κ2) is 7.76. The molecule has 0 aromatic heterocycles. The molecule has 0 spiro atoms. The lowest BCUT2D eigenvalue weighted by atomic mass is 10.3. The standard InChI is InChI=1S/C23H22O2P/c1-4-10-21(11-5-1)26(22-12-6-2-7-13-22,23-14-8-3-9-15-23)19-20-18-24-16-17-25-20/h1-17,20H,18-19H2/q+1. The van der Waals surface area contributed by atoms with Crippen LogP contribution in [0.25, 0.3) is 0 Å². The lowest BCUT2D eigenvalue weighted by Gasteiger charge is -2.31. The Bertz CT molecular complexity index is 750. The first-order valence-electron chi connectivity index (χ1n) is 8.86. The first-order chi connectivity index (χ1) is 12.9. The van der Waals surface area contributed by atoms with Gasteiger partial charge in [-0.2, -0.15) is 0 Å². The van der Waals surface area contributed by atoms with Gasteiger partial charge in [-0.25, -0.2) is 0 Å². The zero-order valence-electron chi connectivity index (χ0n) is 14.6. The topological polar surface area (TPSA) is 18.5 Å². The number of benzene rings is 3. The van der Waals surface area contributed by atoms with Crippen molar-refractivity contribution in [2.24, 2.45) is 0 Å². The van der Waals surface area contributed by atoms with Gasteiger partial charge in [0.15, 0.2) is 6.10 Å². The third kappa shape index (κ3) is 3.25. The van der Waals surface area contributed by atoms with Crippen LogP contribution in [0, 0.1) is 0 Å². The van der Waals surface area contributed by atoms with Gasteiger partial charge in [-0.05, 0) is 36.4 Å². The molecular weight excluding hydrogens is 339 g/mol. The van der Waals surface area contributed by atoms with Gasteiger partial charge in [0.25, 0.3) is 0 Å². The predicted octanol–water partition coefficient (Wildman–Crippen LogP) is 3.87. The van der Waals surface area contributed by atoms with Gasteiger partial charge in [0.1, 0.15) is 48.5 Å². The Labute approximate surface area is 155 Å². The summed E-state index contributed by atoms with van der Waals surface area (Å²) >= 11 is 0. The van der Waals surface area contributed by atoms with Crippen LogP contribution in [0.4, 0.5) is 0 Å². The average Bonchev–Trinajstić information content (AvgIpc) is 2.75. The zero-order valence-corrected chi connectivity index (χ0v) is 15.5. The minimum Gasteiger partial charge on any atom is -0.494 e. The molecule has 0 bridgehead atoms. The van der Waals surface area contributed by atoms with Crippen LogP contribution in [-0.2, 0) is 9.47 Å². The first kappa shape index (κ1) is 16.9. The van der Waals surface area contributed by atoms with E-state index in [-0.39, 0.29) is 6.10 Å². The van der Waals surface area contributed by atoms with E-state index < -0.39 is 7.26 Å². The molecule has 1 atom stereocenters. The number of hydrogen-bond donors (Lipinski definition) is 0. The summed E-state index contributed by atoms with van der Waals surface area (Å²) in [6, 6.07) is 32.6. The van der Waals surface area contributed by atoms with E-state index in [0.717, 1.165) is 6.16 Å². The molecule has 0 amide bonds. The lowest BCUT2D eigenvalue weighted by Crippen LogP contribution is -2.39. The quantitative estimate of drug-likeness (QED) is 0.643. The van der Waals surface area contributed by atoms with Crippen LogP contribution in [0.1, 0.15) is 0 Å². The Kier molecular flexibility index (Phi) is 5.04. The summed E-state index contributed by atoms with van der Waals surface area (Å²) in [7, 11) is -1.86. The summed E-state index contributed by atoms with van der Waals surface area (Å²) in [5.41, 5.74) is 0. The second-order valence-corrected chi connectivity index (χ2v) is 9.90. The number of ether oxygens (including phenoxy) is 2. The second-order valence-electron chi connectivity index (χ2n) is 6.36. The molecule has 2 nitrogen and oxygen atoms in total. The minimum atomic E-state index is -1.86. The molecule has 1 aliphatic heterocycles. The van der Waals surface area contributed by atoms with Crippen molar-refractivity contribution in [2.45, 2.75) is 6.10 Å². The molecular formula is C23H22O2P+. The molecule has 3 aromatic rings. The smallest absolute Gasteiger partial charge is 0.166 e. The van der Waals surface area contributed by atoms with Crippen molar-refractivity contribution in [1.82, 2.24) is 0 Å².